The quantitative estimate of drug-likeness (QED) is 0.375. The lowest BCUT2D eigenvalue weighted by Gasteiger charge is -2.36. The zero-order valence-corrected chi connectivity index (χ0v) is 19.0. The van der Waals surface area contributed by atoms with Crippen molar-refractivity contribution in [3.63, 3.8) is 0 Å². The highest BCUT2D eigenvalue weighted by Gasteiger charge is 2.34. The maximum Gasteiger partial charge on any atom is 0.233 e. The molecule has 1 amide bonds. The number of benzene rings is 3. The van der Waals surface area contributed by atoms with Crippen molar-refractivity contribution in [2.75, 3.05) is 18.6 Å². The van der Waals surface area contributed by atoms with E-state index in [1.807, 2.05) is 18.2 Å². The van der Waals surface area contributed by atoms with Crippen LogP contribution >= 0.6 is 23.5 Å². The summed E-state index contributed by atoms with van der Waals surface area (Å²) in [6, 6.07) is 27.2. The van der Waals surface area contributed by atoms with E-state index in [1.54, 1.807) is 23.5 Å². The van der Waals surface area contributed by atoms with Gasteiger partial charge in [-0.2, -0.15) is 0 Å². The van der Waals surface area contributed by atoms with E-state index in [4.69, 9.17) is 0 Å². The van der Waals surface area contributed by atoms with Crippen LogP contribution < -0.4 is 0 Å². The molecule has 0 bridgehead atoms. The molecular formula is C26H24N2OS2. The largest absolute Gasteiger partial charge is 0.356 e. The third kappa shape index (κ3) is 4.00. The molecule has 1 N–H and O–H groups in total. The average Bonchev–Trinajstić information content (AvgIpc) is 3.21. The molecule has 2 heterocycles. The summed E-state index contributed by atoms with van der Waals surface area (Å²) in [5, 5.41) is 1.27. The molecule has 0 saturated carbocycles. The maximum absolute atomic E-state index is 13.4. The summed E-state index contributed by atoms with van der Waals surface area (Å²) in [6.45, 7) is 0.734. The SMILES string of the molecule is CSc1ccc([C@H]2c3[nH]c4ccccc4c3CCN2C(=O)CSc2ccccc2)cc1. The van der Waals surface area contributed by atoms with Gasteiger partial charge in [0.15, 0.2) is 0 Å². The third-order valence-corrected chi connectivity index (χ3v) is 7.63. The van der Waals surface area contributed by atoms with Crippen molar-refractivity contribution in [3.8, 4) is 0 Å². The van der Waals surface area contributed by atoms with E-state index in [1.165, 1.54) is 15.8 Å². The Balaban J connectivity index is 1.51. The predicted molar refractivity (Wildman–Crippen MR) is 131 cm³/mol. The Labute approximate surface area is 191 Å². The summed E-state index contributed by atoms with van der Waals surface area (Å²) < 4.78 is 0. The summed E-state index contributed by atoms with van der Waals surface area (Å²) in [6.07, 6.45) is 2.96. The Hall–Kier alpha value is -2.63. The number of amides is 1. The lowest BCUT2D eigenvalue weighted by Crippen LogP contribution is -2.41. The molecule has 3 aromatic carbocycles. The monoisotopic (exact) mass is 444 g/mol. The second-order valence-electron chi connectivity index (χ2n) is 7.68. The van der Waals surface area contributed by atoms with Crippen LogP contribution in [-0.4, -0.2) is 34.3 Å². The molecule has 1 aliphatic rings. The Bertz CT molecular complexity index is 1200. The molecule has 31 heavy (non-hydrogen) atoms. The highest BCUT2D eigenvalue weighted by atomic mass is 32.2. The Kier molecular flexibility index (Phi) is 5.79. The number of aromatic amines is 1. The molecule has 0 aliphatic carbocycles. The van der Waals surface area contributed by atoms with Gasteiger partial charge in [0.2, 0.25) is 5.91 Å². The number of carbonyl (C=O) groups is 1. The minimum Gasteiger partial charge on any atom is -0.356 e. The standard InChI is InChI=1S/C26H24N2OS2/c1-30-19-13-11-18(12-14-19)26-25-22(21-9-5-6-10-23(21)27-25)15-16-28(26)24(29)17-31-20-7-3-2-4-8-20/h2-14,26-27H,15-17H2,1H3/t26-/m0/s1. The molecule has 156 valence electrons. The number of thioether (sulfide) groups is 2. The fourth-order valence-corrected chi connectivity index (χ4v) is 5.60. The van der Waals surface area contributed by atoms with Crippen LogP contribution in [0.25, 0.3) is 10.9 Å². The molecule has 0 spiro atoms. The summed E-state index contributed by atoms with van der Waals surface area (Å²) in [5.74, 6) is 0.621. The van der Waals surface area contributed by atoms with Gasteiger partial charge in [-0.3, -0.25) is 4.79 Å². The minimum atomic E-state index is -0.0871. The number of para-hydroxylation sites is 1. The van der Waals surface area contributed by atoms with Crippen LogP contribution in [0.3, 0.4) is 0 Å². The summed E-state index contributed by atoms with van der Waals surface area (Å²) >= 11 is 3.34. The number of fused-ring (bicyclic) bond motifs is 3. The second kappa shape index (κ2) is 8.85. The number of hydrogen-bond acceptors (Lipinski definition) is 3. The fraction of sp³-hybridized carbons (Fsp3) is 0.192. The lowest BCUT2D eigenvalue weighted by atomic mass is 9.92. The van der Waals surface area contributed by atoms with Crippen LogP contribution in [0.2, 0.25) is 0 Å². The molecule has 5 rings (SSSR count). The van der Waals surface area contributed by atoms with Crippen LogP contribution in [0.1, 0.15) is 22.9 Å². The zero-order valence-electron chi connectivity index (χ0n) is 17.4. The van der Waals surface area contributed by atoms with Crippen LogP contribution in [0.5, 0.6) is 0 Å². The average molecular weight is 445 g/mol. The molecule has 3 nitrogen and oxygen atoms in total. The van der Waals surface area contributed by atoms with Gasteiger partial charge >= 0.3 is 0 Å². The first kappa shape index (κ1) is 20.3. The minimum absolute atomic E-state index is 0.0871. The fourth-order valence-electron chi connectivity index (χ4n) is 4.39. The maximum atomic E-state index is 13.4. The van der Waals surface area contributed by atoms with E-state index in [-0.39, 0.29) is 11.9 Å². The smallest absolute Gasteiger partial charge is 0.233 e. The highest BCUT2D eigenvalue weighted by molar-refractivity contribution is 8.00. The third-order valence-electron chi connectivity index (χ3n) is 5.89. The van der Waals surface area contributed by atoms with Crippen molar-refractivity contribution in [3.05, 3.63) is 95.7 Å². The van der Waals surface area contributed by atoms with Gasteiger partial charge in [0, 0.05) is 32.9 Å². The van der Waals surface area contributed by atoms with Crippen molar-refractivity contribution < 1.29 is 4.79 Å². The van der Waals surface area contributed by atoms with Gasteiger partial charge in [-0.1, -0.05) is 48.5 Å². The second-order valence-corrected chi connectivity index (χ2v) is 9.61. The number of H-pyrrole nitrogens is 1. The molecule has 1 atom stereocenters. The molecule has 0 saturated heterocycles. The molecular weight excluding hydrogens is 420 g/mol. The normalized spacial score (nSPS) is 15.8. The Morgan fingerprint density at radius 1 is 0.968 bits per heavy atom. The topological polar surface area (TPSA) is 36.1 Å². The number of carbonyl (C=O) groups excluding carboxylic acids is 1. The number of nitrogens with zero attached hydrogens (tertiary/aromatic N) is 1. The van der Waals surface area contributed by atoms with Crippen LogP contribution in [0.4, 0.5) is 0 Å². The summed E-state index contributed by atoms with van der Waals surface area (Å²) in [7, 11) is 0. The van der Waals surface area contributed by atoms with E-state index in [0.717, 1.165) is 34.6 Å². The van der Waals surface area contributed by atoms with Gasteiger partial charge in [-0.15, -0.1) is 23.5 Å². The van der Waals surface area contributed by atoms with Gasteiger partial charge in [0.05, 0.1) is 11.8 Å². The molecule has 1 aliphatic heterocycles. The molecule has 5 heteroatoms. The first-order valence-corrected chi connectivity index (χ1v) is 12.7. The lowest BCUT2D eigenvalue weighted by molar-refractivity contribution is -0.130. The van der Waals surface area contributed by atoms with Crippen molar-refractivity contribution in [1.82, 2.24) is 9.88 Å². The van der Waals surface area contributed by atoms with Gasteiger partial charge in [-0.25, -0.2) is 0 Å². The van der Waals surface area contributed by atoms with Crippen molar-refractivity contribution in [2.45, 2.75) is 22.3 Å². The number of nitrogens with one attached hydrogen (secondary N) is 1. The Morgan fingerprint density at radius 2 is 1.71 bits per heavy atom. The first-order chi connectivity index (χ1) is 15.2. The summed E-state index contributed by atoms with van der Waals surface area (Å²) in [4.78, 5) is 21.4. The van der Waals surface area contributed by atoms with E-state index in [0.29, 0.717) is 5.75 Å². The number of rotatable bonds is 5. The van der Waals surface area contributed by atoms with Gasteiger partial charge in [-0.05, 0) is 54.1 Å². The molecule has 1 aromatic heterocycles. The molecule has 4 aromatic rings. The van der Waals surface area contributed by atoms with Gasteiger partial charge in [0.25, 0.3) is 0 Å². The van der Waals surface area contributed by atoms with Gasteiger partial charge < -0.3 is 9.88 Å². The Morgan fingerprint density at radius 3 is 2.48 bits per heavy atom. The van der Waals surface area contributed by atoms with E-state index in [2.05, 4.69) is 76.8 Å². The zero-order chi connectivity index (χ0) is 21.2. The number of hydrogen-bond donors (Lipinski definition) is 1. The van der Waals surface area contributed by atoms with E-state index < -0.39 is 0 Å². The molecule has 0 unspecified atom stereocenters. The van der Waals surface area contributed by atoms with E-state index in [9.17, 15) is 4.79 Å². The molecule has 0 fully saturated rings. The van der Waals surface area contributed by atoms with Crippen LogP contribution in [0.15, 0.2) is 88.7 Å². The molecule has 0 radical (unpaired) electrons. The van der Waals surface area contributed by atoms with Crippen LogP contribution in [-0.2, 0) is 11.2 Å². The predicted octanol–water partition coefficient (Wildman–Crippen LogP) is 6.16. The van der Waals surface area contributed by atoms with Crippen molar-refractivity contribution >= 4 is 40.3 Å². The van der Waals surface area contributed by atoms with Gasteiger partial charge in [0.1, 0.15) is 0 Å². The first-order valence-electron chi connectivity index (χ1n) is 10.5. The summed E-state index contributed by atoms with van der Waals surface area (Å²) in [5.41, 5.74) is 4.80. The van der Waals surface area contributed by atoms with E-state index >= 15 is 0 Å². The van der Waals surface area contributed by atoms with Crippen molar-refractivity contribution in [1.29, 1.82) is 0 Å². The highest BCUT2D eigenvalue weighted by Crippen LogP contribution is 2.39. The van der Waals surface area contributed by atoms with Crippen LogP contribution in [0, 0.1) is 0 Å². The number of aromatic nitrogens is 1. The van der Waals surface area contributed by atoms with Crippen molar-refractivity contribution in [2.24, 2.45) is 0 Å².